The van der Waals surface area contributed by atoms with E-state index in [9.17, 15) is 61.0 Å². The first-order valence-corrected chi connectivity index (χ1v) is 24.9. The number of ether oxygens (including phenoxy) is 6. The number of amides is 1. The topological polar surface area (TPSA) is 307 Å². The fourth-order valence-corrected chi connectivity index (χ4v) is 8.60. The van der Waals surface area contributed by atoms with Gasteiger partial charge in [-0.1, -0.05) is 135 Å². The largest absolute Gasteiger partial charge is 0.394 e. The third-order valence-corrected chi connectivity index (χ3v) is 12.8. The summed E-state index contributed by atoms with van der Waals surface area (Å²) in [4.78, 5) is 12.9. The molecule has 0 spiro atoms. The average Bonchev–Trinajstić information content (AvgIpc) is 3.31. The molecule has 66 heavy (non-hydrogen) atoms. The van der Waals surface area contributed by atoms with Gasteiger partial charge in [-0.05, 0) is 19.3 Å². The van der Waals surface area contributed by atoms with Crippen LogP contribution in [0.25, 0.3) is 0 Å². The summed E-state index contributed by atoms with van der Waals surface area (Å²) in [6, 6.07) is -0.962. The lowest BCUT2D eigenvalue weighted by Gasteiger charge is -2.48. The normalized spacial score (nSPS) is 33.9. The van der Waals surface area contributed by atoms with Gasteiger partial charge in [0.2, 0.25) is 5.91 Å². The minimum atomic E-state index is -1.97. The lowest BCUT2D eigenvalue weighted by atomic mass is 9.96. The van der Waals surface area contributed by atoms with Crippen LogP contribution in [0, 0.1) is 0 Å². The highest BCUT2D eigenvalue weighted by molar-refractivity contribution is 5.76. The van der Waals surface area contributed by atoms with E-state index in [0.29, 0.717) is 6.42 Å². The summed E-state index contributed by atoms with van der Waals surface area (Å²) in [5.41, 5.74) is 0. The van der Waals surface area contributed by atoms with E-state index in [-0.39, 0.29) is 18.9 Å². The number of hydrogen-bond donors (Lipinski definition) is 12. The molecule has 3 aliphatic rings. The molecule has 0 saturated carbocycles. The maximum Gasteiger partial charge on any atom is 0.220 e. The minimum absolute atomic E-state index is 0.231. The second kappa shape index (κ2) is 33.2. The van der Waals surface area contributed by atoms with Gasteiger partial charge in [0.25, 0.3) is 0 Å². The first-order chi connectivity index (χ1) is 31.8. The molecule has 3 saturated heterocycles. The van der Waals surface area contributed by atoms with Gasteiger partial charge in [0.15, 0.2) is 18.9 Å². The molecule has 3 aliphatic heterocycles. The van der Waals surface area contributed by atoms with Gasteiger partial charge in [0, 0.05) is 6.42 Å². The van der Waals surface area contributed by atoms with E-state index in [1.807, 2.05) is 13.0 Å². The fraction of sp³-hybridized carbons (Fsp3) is 0.936. The zero-order valence-electron chi connectivity index (χ0n) is 39.4. The number of unbranched alkanes of at least 4 members (excludes halogenated alkanes) is 18. The molecule has 1 amide bonds. The van der Waals surface area contributed by atoms with Crippen molar-refractivity contribution in [2.75, 3.05) is 26.4 Å². The molecule has 0 aromatic heterocycles. The predicted molar refractivity (Wildman–Crippen MR) is 240 cm³/mol. The summed E-state index contributed by atoms with van der Waals surface area (Å²) in [6.45, 7) is 1.50. The van der Waals surface area contributed by atoms with E-state index in [0.717, 1.165) is 38.5 Å². The molecular formula is C47H87NO18. The van der Waals surface area contributed by atoms with Crippen LogP contribution in [0.2, 0.25) is 0 Å². The minimum Gasteiger partial charge on any atom is -0.394 e. The zero-order valence-corrected chi connectivity index (χ0v) is 39.4. The summed E-state index contributed by atoms with van der Waals surface area (Å²) in [5, 5.41) is 119. The van der Waals surface area contributed by atoms with Crippen molar-refractivity contribution in [1.82, 2.24) is 5.32 Å². The van der Waals surface area contributed by atoms with E-state index in [2.05, 4.69) is 12.2 Å². The smallest absolute Gasteiger partial charge is 0.220 e. The molecule has 0 bridgehead atoms. The van der Waals surface area contributed by atoms with Crippen molar-refractivity contribution in [3.8, 4) is 0 Å². The molecule has 19 heteroatoms. The summed E-state index contributed by atoms with van der Waals surface area (Å²) < 4.78 is 33.9. The van der Waals surface area contributed by atoms with Crippen LogP contribution >= 0.6 is 0 Å². The Labute approximate surface area is 391 Å². The molecular weight excluding hydrogens is 867 g/mol. The first kappa shape index (κ1) is 58.8. The van der Waals surface area contributed by atoms with E-state index >= 15 is 0 Å². The first-order valence-electron chi connectivity index (χ1n) is 24.9. The highest BCUT2D eigenvalue weighted by Gasteiger charge is 2.53. The van der Waals surface area contributed by atoms with Crippen LogP contribution in [-0.4, -0.2) is 193 Å². The molecule has 0 aliphatic carbocycles. The summed E-state index contributed by atoms with van der Waals surface area (Å²) in [5.74, 6) is -0.301. The molecule has 3 heterocycles. The van der Waals surface area contributed by atoms with Crippen molar-refractivity contribution in [2.24, 2.45) is 0 Å². The summed E-state index contributed by atoms with van der Waals surface area (Å²) in [6.07, 6.45) is 0.475. The van der Waals surface area contributed by atoms with Crippen LogP contribution in [0.15, 0.2) is 12.2 Å². The number of nitrogens with one attached hydrogen (secondary N) is 1. The molecule has 19 nitrogen and oxygen atoms in total. The Balaban J connectivity index is 1.49. The van der Waals surface area contributed by atoms with Crippen molar-refractivity contribution < 1.29 is 89.4 Å². The van der Waals surface area contributed by atoms with Crippen LogP contribution in [0.1, 0.15) is 149 Å². The number of aliphatic hydroxyl groups excluding tert-OH is 11. The number of carbonyl (C=O) groups is 1. The van der Waals surface area contributed by atoms with Gasteiger partial charge in [-0.3, -0.25) is 4.79 Å². The van der Waals surface area contributed by atoms with Crippen LogP contribution in [-0.2, 0) is 33.2 Å². The van der Waals surface area contributed by atoms with Gasteiger partial charge >= 0.3 is 0 Å². The van der Waals surface area contributed by atoms with E-state index in [1.165, 1.54) is 83.5 Å². The second-order valence-corrected chi connectivity index (χ2v) is 18.3. The van der Waals surface area contributed by atoms with Crippen LogP contribution < -0.4 is 5.32 Å². The van der Waals surface area contributed by atoms with E-state index in [4.69, 9.17) is 28.4 Å². The van der Waals surface area contributed by atoms with Gasteiger partial charge in [-0.15, -0.1) is 0 Å². The van der Waals surface area contributed by atoms with Crippen molar-refractivity contribution in [1.29, 1.82) is 0 Å². The van der Waals surface area contributed by atoms with Gasteiger partial charge in [0.1, 0.15) is 73.2 Å². The summed E-state index contributed by atoms with van der Waals surface area (Å²) >= 11 is 0. The number of hydrogen-bond acceptors (Lipinski definition) is 18. The monoisotopic (exact) mass is 954 g/mol. The van der Waals surface area contributed by atoms with Crippen LogP contribution in [0.3, 0.4) is 0 Å². The number of rotatable bonds is 34. The number of carbonyl (C=O) groups excluding carboxylic acids is 1. The highest BCUT2D eigenvalue weighted by Crippen LogP contribution is 2.33. The standard InChI is InChI=1S/C47H87NO18/c1-3-5-7-8-9-10-11-12-13-14-15-16-17-18-19-20-21-23-24-31(52)30(48-35(53)25-22-6-4-2)29-61-45-41(59)38(56)43(33(27-50)63-45)66-47-42(60)39(57)44(34(28-51)64-47)65-46-40(58)37(55)36(54)32(26-49)62-46/h23-24,30-34,36-47,49-52,54-60H,3-22,25-29H2,1-2H3,(H,48,53)/b24-23+. The Bertz CT molecular complexity index is 1280. The fourth-order valence-electron chi connectivity index (χ4n) is 8.60. The SMILES string of the molecule is CCCCCCCCCCCCCCCCCC/C=C/C(O)C(COC1OC(CO)C(OC2OC(CO)C(OC3OC(CO)C(O)C(O)C3O)C(O)C2O)C(O)C1O)NC(=O)CCCCC. The van der Waals surface area contributed by atoms with Crippen molar-refractivity contribution >= 4 is 5.91 Å². The Kier molecular flexibility index (Phi) is 29.6. The molecule has 3 rings (SSSR count). The van der Waals surface area contributed by atoms with E-state index in [1.54, 1.807) is 6.08 Å². The van der Waals surface area contributed by atoms with Gasteiger partial charge in [-0.25, -0.2) is 0 Å². The molecule has 0 aromatic carbocycles. The molecule has 3 fully saturated rings. The molecule has 17 atom stereocenters. The van der Waals surface area contributed by atoms with Crippen molar-refractivity contribution in [3.63, 3.8) is 0 Å². The van der Waals surface area contributed by atoms with Crippen molar-refractivity contribution in [3.05, 3.63) is 12.2 Å². The van der Waals surface area contributed by atoms with Crippen LogP contribution in [0.4, 0.5) is 0 Å². The zero-order chi connectivity index (χ0) is 48.4. The average molecular weight is 954 g/mol. The van der Waals surface area contributed by atoms with Gasteiger partial charge in [-0.2, -0.15) is 0 Å². The Morgan fingerprint density at radius 2 is 0.939 bits per heavy atom. The van der Waals surface area contributed by atoms with Gasteiger partial charge in [0.05, 0.1) is 38.6 Å². The Morgan fingerprint density at radius 3 is 1.42 bits per heavy atom. The third-order valence-electron chi connectivity index (χ3n) is 12.8. The number of aliphatic hydroxyl groups is 11. The molecule has 0 aromatic rings. The van der Waals surface area contributed by atoms with Gasteiger partial charge < -0.3 is 89.9 Å². The second-order valence-electron chi connectivity index (χ2n) is 18.3. The van der Waals surface area contributed by atoms with Crippen LogP contribution in [0.5, 0.6) is 0 Å². The third kappa shape index (κ3) is 19.4. The maximum absolute atomic E-state index is 12.9. The maximum atomic E-state index is 12.9. The Hall–Kier alpha value is -1.47. The summed E-state index contributed by atoms with van der Waals surface area (Å²) in [7, 11) is 0. The quantitative estimate of drug-likeness (QED) is 0.0317. The predicted octanol–water partition coefficient (Wildman–Crippen LogP) is 1.09. The lowest BCUT2D eigenvalue weighted by molar-refractivity contribution is -0.379. The molecule has 0 radical (unpaired) electrons. The highest BCUT2D eigenvalue weighted by atomic mass is 16.8. The van der Waals surface area contributed by atoms with Crippen molar-refractivity contribution in [2.45, 2.75) is 253 Å². The molecule has 17 unspecified atom stereocenters. The lowest BCUT2D eigenvalue weighted by Crippen LogP contribution is -2.66. The molecule has 388 valence electrons. The molecule has 12 N–H and O–H groups in total. The van der Waals surface area contributed by atoms with E-state index < -0.39 is 124 Å². The Morgan fingerprint density at radius 1 is 0.530 bits per heavy atom. The number of allylic oxidation sites excluding steroid dienone is 1.